The average Bonchev–Trinajstić information content (AvgIpc) is 2.66. The Balaban J connectivity index is 2.10. The van der Waals surface area contributed by atoms with Gasteiger partial charge in [0.25, 0.3) is 0 Å². The van der Waals surface area contributed by atoms with Gasteiger partial charge in [0.05, 0.1) is 6.54 Å². The van der Waals surface area contributed by atoms with E-state index in [1.54, 1.807) is 43.9 Å². The van der Waals surface area contributed by atoms with E-state index in [-0.39, 0.29) is 18.5 Å². The van der Waals surface area contributed by atoms with Crippen molar-refractivity contribution >= 4 is 35.0 Å². The summed E-state index contributed by atoms with van der Waals surface area (Å²) < 4.78 is 2.56. The molecule has 0 fully saturated rings. The van der Waals surface area contributed by atoms with Crippen molar-refractivity contribution in [2.75, 3.05) is 11.6 Å². The third-order valence-electron chi connectivity index (χ3n) is 4.07. The van der Waals surface area contributed by atoms with Crippen molar-refractivity contribution in [3.05, 3.63) is 74.3 Å². The first-order valence-electron chi connectivity index (χ1n) is 8.64. The Labute approximate surface area is 171 Å². The van der Waals surface area contributed by atoms with Gasteiger partial charge in [-0.2, -0.15) is 4.98 Å². The summed E-state index contributed by atoms with van der Waals surface area (Å²) in [4.78, 5) is 34.7. The van der Waals surface area contributed by atoms with E-state index in [9.17, 15) is 9.59 Å². The lowest BCUT2D eigenvalue weighted by atomic mass is 10.3. The lowest BCUT2D eigenvalue weighted by Crippen LogP contribution is -2.43. The molecule has 0 unspecified atom stereocenters. The molecule has 1 aromatic carbocycles. The molecule has 146 valence electrons. The minimum Gasteiger partial charge on any atom is -0.325 e. The fraction of sp³-hybridized carbons (Fsp3) is 0.263. The molecule has 0 bridgehead atoms. The molecular formula is C19H20ClN5O2S. The second-order valence-electron chi connectivity index (χ2n) is 6.40. The molecule has 7 nitrogen and oxygen atoms in total. The maximum absolute atomic E-state index is 13.0. The average molecular weight is 418 g/mol. The Morgan fingerprint density at radius 3 is 2.64 bits per heavy atom. The number of hydrogen-bond donors (Lipinski definition) is 1. The Morgan fingerprint density at radius 1 is 1.21 bits per heavy atom. The number of pyridine rings is 1. The van der Waals surface area contributed by atoms with E-state index in [2.05, 4.69) is 15.3 Å². The molecule has 3 rings (SSSR count). The van der Waals surface area contributed by atoms with Gasteiger partial charge < -0.3 is 5.32 Å². The zero-order valence-corrected chi connectivity index (χ0v) is 17.3. The van der Waals surface area contributed by atoms with E-state index in [1.165, 1.54) is 4.57 Å². The maximum Gasteiger partial charge on any atom is 0.355 e. The molecule has 2 aromatic heterocycles. The highest BCUT2D eigenvalue weighted by molar-refractivity contribution is 7.98. The Hall–Kier alpha value is -2.58. The molecule has 28 heavy (non-hydrogen) atoms. The van der Waals surface area contributed by atoms with Gasteiger partial charge in [-0.3, -0.25) is 4.57 Å². The van der Waals surface area contributed by atoms with E-state index >= 15 is 0 Å². The molecular weight excluding hydrogens is 398 g/mol. The van der Waals surface area contributed by atoms with E-state index in [4.69, 9.17) is 11.6 Å². The summed E-state index contributed by atoms with van der Waals surface area (Å²) in [6.45, 7) is 3.75. The van der Waals surface area contributed by atoms with Gasteiger partial charge in [-0.1, -0.05) is 23.7 Å². The number of benzene rings is 1. The van der Waals surface area contributed by atoms with E-state index < -0.39 is 11.4 Å². The molecule has 0 aliphatic carbocycles. The molecule has 3 aromatic rings. The number of anilines is 2. The SMILES string of the molecule is CSc1cccc(Nc2nc(=O)n(C(C)C)c(=O)n2Cc2ccc(Cl)nc2)c1. The number of rotatable bonds is 6. The van der Waals surface area contributed by atoms with Gasteiger partial charge in [0.1, 0.15) is 5.15 Å². The normalized spacial score (nSPS) is 11.0. The molecule has 2 heterocycles. The largest absolute Gasteiger partial charge is 0.355 e. The zero-order valence-electron chi connectivity index (χ0n) is 15.7. The molecule has 0 aliphatic heterocycles. The lowest BCUT2D eigenvalue weighted by molar-refractivity contribution is 0.497. The van der Waals surface area contributed by atoms with E-state index in [0.717, 1.165) is 20.7 Å². The van der Waals surface area contributed by atoms with Crippen LogP contribution in [0.2, 0.25) is 5.15 Å². The van der Waals surface area contributed by atoms with Crippen LogP contribution in [0.4, 0.5) is 11.6 Å². The fourth-order valence-corrected chi connectivity index (χ4v) is 3.27. The molecule has 1 N–H and O–H groups in total. The summed E-state index contributed by atoms with van der Waals surface area (Å²) in [5, 5.41) is 3.47. The second-order valence-corrected chi connectivity index (χ2v) is 7.66. The van der Waals surface area contributed by atoms with Crippen molar-refractivity contribution in [2.24, 2.45) is 0 Å². The standard InChI is InChI=1S/C19H20ClN5O2S/c1-12(2)25-18(26)23-17(22-14-5-4-6-15(9-14)28-3)24(19(25)27)11-13-7-8-16(20)21-10-13/h4-10,12H,11H2,1-3H3,(H,22,23,26). The lowest BCUT2D eigenvalue weighted by Gasteiger charge is -2.17. The van der Waals surface area contributed by atoms with Crippen LogP contribution in [0.25, 0.3) is 0 Å². The first kappa shape index (κ1) is 20.2. The van der Waals surface area contributed by atoms with Crippen LogP contribution in [0.5, 0.6) is 0 Å². The second kappa shape index (κ2) is 8.62. The molecule has 0 saturated heterocycles. The predicted octanol–water partition coefficient (Wildman–Crippen LogP) is 3.55. The van der Waals surface area contributed by atoms with Gasteiger partial charge in [-0.25, -0.2) is 19.1 Å². The zero-order chi connectivity index (χ0) is 20.3. The van der Waals surface area contributed by atoms with Crippen molar-refractivity contribution in [2.45, 2.75) is 31.3 Å². The summed E-state index contributed by atoms with van der Waals surface area (Å²) in [6.07, 6.45) is 3.57. The van der Waals surface area contributed by atoms with Crippen molar-refractivity contribution < 1.29 is 0 Å². The first-order valence-corrected chi connectivity index (χ1v) is 10.2. The number of nitrogens with one attached hydrogen (secondary N) is 1. The quantitative estimate of drug-likeness (QED) is 0.488. The molecule has 0 aliphatic rings. The Morgan fingerprint density at radius 2 is 2.00 bits per heavy atom. The van der Waals surface area contributed by atoms with E-state index in [1.807, 2.05) is 30.5 Å². The highest BCUT2D eigenvalue weighted by atomic mass is 35.5. The molecule has 0 amide bonds. The first-order chi connectivity index (χ1) is 13.4. The molecule has 0 spiro atoms. The minimum absolute atomic E-state index is 0.181. The monoisotopic (exact) mass is 417 g/mol. The summed E-state index contributed by atoms with van der Waals surface area (Å²) in [5.74, 6) is 0.181. The van der Waals surface area contributed by atoms with Crippen LogP contribution >= 0.6 is 23.4 Å². The van der Waals surface area contributed by atoms with Crippen LogP contribution in [0.15, 0.2) is 57.1 Å². The van der Waals surface area contributed by atoms with Crippen molar-refractivity contribution in [1.82, 2.24) is 19.1 Å². The number of nitrogens with zero attached hydrogens (tertiary/aromatic N) is 4. The number of hydrogen-bond acceptors (Lipinski definition) is 6. The summed E-state index contributed by atoms with van der Waals surface area (Å²) in [6, 6.07) is 10.8. The topological polar surface area (TPSA) is 81.8 Å². The summed E-state index contributed by atoms with van der Waals surface area (Å²) in [5.41, 5.74) is 0.481. The Bertz CT molecular complexity index is 1090. The van der Waals surface area contributed by atoms with Gasteiger partial charge >= 0.3 is 11.4 Å². The third-order valence-corrected chi connectivity index (χ3v) is 5.02. The molecule has 0 atom stereocenters. The summed E-state index contributed by atoms with van der Waals surface area (Å²) >= 11 is 7.45. The van der Waals surface area contributed by atoms with Crippen molar-refractivity contribution in [3.63, 3.8) is 0 Å². The maximum atomic E-state index is 13.0. The van der Waals surface area contributed by atoms with Gasteiger partial charge in [0.15, 0.2) is 0 Å². The highest BCUT2D eigenvalue weighted by Gasteiger charge is 2.16. The van der Waals surface area contributed by atoms with Crippen LogP contribution in [-0.2, 0) is 6.54 Å². The van der Waals surface area contributed by atoms with Crippen LogP contribution in [0.1, 0.15) is 25.5 Å². The van der Waals surface area contributed by atoms with Crippen LogP contribution in [-0.4, -0.2) is 25.4 Å². The number of halogens is 1. The molecule has 0 radical (unpaired) electrons. The third kappa shape index (κ3) is 4.45. The minimum atomic E-state index is -0.589. The summed E-state index contributed by atoms with van der Waals surface area (Å²) in [7, 11) is 0. The smallest absolute Gasteiger partial charge is 0.325 e. The molecule has 9 heteroatoms. The van der Waals surface area contributed by atoms with Crippen molar-refractivity contribution in [1.29, 1.82) is 0 Å². The number of aromatic nitrogens is 4. The fourth-order valence-electron chi connectivity index (χ4n) is 2.70. The van der Waals surface area contributed by atoms with Gasteiger partial charge in [0, 0.05) is 22.8 Å². The highest BCUT2D eigenvalue weighted by Crippen LogP contribution is 2.21. The predicted molar refractivity (Wildman–Crippen MR) is 113 cm³/mol. The molecule has 0 saturated carbocycles. The number of thioether (sulfide) groups is 1. The van der Waals surface area contributed by atoms with Crippen LogP contribution in [0, 0.1) is 0 Å². The van der Waals surface area contributed by atoms with Crippen molar-refractivity contribution in [3.8, 4) is 0 Å². The Kier molecular flexibility index (Phi) is 6.21. The van der Waals surface area contributed by atoms with Crippen LogP contribution in [0.3, 0.4) is 0 Å². The van der Waals surface area contributed by atoms with Gasteiger partial charge in [-0.15, -0.1) is 11.8 Å². The van der Waals surface area contributed by atoms with Crippen LogP contribution < -0.4 is 16.7 Å². The van der Waals surface area contributed by atoms with Gasteiger partial charge in [0.2, 0.25) is 5.95 Å². The van der Waals surface area contributed by atoms with Gasteiger partial charge in [-0.05, 0) is 49.9 Å². The van der Waals surface area contributed by atoms with E-state index in [0.29, 0.717) is 5.15 Å².